The molecule has 106 valence electrons. The summed E-state index contributed by atoms with van der Waals surface area (Å²) in [5, 5.41) is 16.3. The van der Waals surface area contributed by atoms with Gasteiger partial charge in [0.2, 0.25) is 0 Å². The number of rotatable bonds is 3. The number of hydrogen-bond donors (Lipinski definition) is 2. The smallest absolute Gasteiger partial charge is 0.171 e. The highest BCUT2D eigenvalue weighted by Crippen LogP contribution is 2.15. The summed E-state index contributed by atoms with van der Waals surface area (Å²) in [5.74, 6) is 0. The van der Waals surface area contributed by atoms with E-state index < -0.39 is 0 Å². The zero-order valence-electron chi connectivity index (χ0n) is 11.5. The van der Waals surface area contributed by atoms with Crippen molar-refractivity contribution in [3.8, 4) is 6.07 Å². The van der Waals surface area contributed by atoms with Crippen LogP contribution in [0.1, 0.15) is 16.7 Å². The number of thiocarbonyl (C=S) groups is 1. The molecule has 0 spiro atoms. The van der Waals surface area contributed by atoms with Gasteiger partial charge in [-0.2, -0.15) is 5.26 Å². The standard InChI is InChI=1S/C16H14ClN3S/c1-11-7-14(17)6-5-13(11)10-19-16(21)20-15-4-2-3-12(8-15)9-18/h2-8H,10H2,1H3,(H2,19,20,21). The van der Waals surface area contributed by atoms with Crippen molar-refractivity contribution in [1.29, 1.82) is 5.26 Å². The molecular formula is C16H14ClN3S. The molecule has 0 fully saturated rings. The number of halogens is 1. The molecule has 5 heteroatoms. The van der Waals surface area contributed by atoms with E-state index in [0.717, 1.165) is 21.8 Å². The minimum absolute atomic E-state index is 0.513. The Morgan fingerprint density at radius 1 is 1.29 bits per heavy atom. The molecule has 0 bridgehead atoms. The molecular weight excluding hydrogens is 302 g/mol. The largest absolute Gasteiger partial charge is 0.358 e. The third-order valence-electron chi connectivity index (χ3n) is 2.99. The van der Waals surface area contributed by atoms with Gasteiger partial charge in [-0.1, -0.05) is 23.7 Å². The lowest BCUT2D eigenvalue weighted by Crippen LogP contribution is -2.28. The van der Waals surface area contributed by atoms with Gasteiger partial charge < -0.3 is 10.6 Å². The molecule has 0 atom stereocenters. The molecule has 0 aliphatic rings. The highest BCUT2D eigenvalue weighted by Gasteiger charge is 2.02. The van der Waals surface area contributed by atoms with Crippen molar-refractivity contribution in [3.05, 3.63) is 64.2 Å². The maximum Gasteiger partial charge on any atom is 0.171 e. The normalized spacial score (nSPS) is 9.76. The maximum atomic E-state index is 8.86. The van der Waals surface area contributed by atoms with Gasteiger partial charge in [0, 0.05) is 17.3 Å². The van der Waals surface area contributed by atoms with Gasteiger partial charge in [-0.25, -0.2) is 0 Å². The van der Waals surface area contributed by atoms with Crippen LogP contribution in [0.5, 0.6) is 0 Å². The summed E-state index contributed by atoms with van der Waals surface area (Å²) < 4.78 is 0. The molecule has 0 aromatic heterocycles. The van der Waals surface area contributed by atoms with Crippen LogP contribution in [-0.4, -0.2) is 5.11 Å². The summed E-state index contributed by atoms with van der Waals surface area (Å²) in [4.78, 5) is 0. The SMILES string of the molecule is Cc1cc(Cl)ccc1CNC(=S)Nc1cccc(C#N)c1. The maximum absolute atomic E-state index is 8.86. The zero-order chi connectivity index (χ0) is 15.2. The molecule has 0 unspecified atom stereocenters. The Hall–Kier alpha value is -2.09. The fraction of sp³-hybridized carbons (Fsp3) is 0.125. The number of nitrogens with zero attached hydrogens (tertiary/aromatic N) is 1. The van der Waals surface area contributed by atoms with Crippen molar-refractivity contribution < 1.29 is 0 Å². The van der Waals surface area contributed by atoms with Crippen molar-refractivity contribution >= 4 is 34.6 Å². The molecule has 0 radical (unpaired) electrons. The molecule has 0 aliphatic carbocycles. The van der Waals surface area contributed by atoms with Crippen LogP contribution in [0.25, 0.3) is 0 Å². The minimum Gasteiger partial charge on any atom is -0.358 e. The average Bonchev–Trinajstić information content (AvgIpc) is 2.46. The third-order valence-corrected chi connectivity index (χ3v) is 3.48. The van der Waals surface area contributed by atoms with Gasteiger partial charge in [0.1, 0.15) is 0 Å². The fourth-order valence-corrected chi connectivity index (χ4v) is 2.29. The van der Waals surface area contributed by atoms with Crippen LogP contribution in [0, 0.1) is 18.3 Å². The van der Waals surface area contributed by atoms with E-state index in [9.17, 15) is 0 Å². The first-order chi connectivity index (χ1) is 10.1. The van der Waals surface area contributed by atoms with Gasteiger partial charge in [-0.05, 0) is 60.6 Å². The Bertz CT molecular complexity index is 707. The topological polar surface area (TPSA) is 47.8 Å². The van der Waals surface area contributed by atoms with E-state index in [1.54, 1.807) is 12.1 Å². The van der Waals surface area contributed by atoms with Crippen LogP contribution in [0.4, 0.5) is 5.69 Å². The molecule has 2 aromatic rings. The van der Waals surface area contributed by atoms with Crippen LogP contribution < -0.4 is 10.6 Å². The van der Waals surface area contributed by atoms with Gasteiger partial charge in [0.15, 0.2) is 5.11 Å². The van der Waals surface area contributed by atoms with Gasteiger partial charge >= 0.3 is 0 Å². The van der Waals surface area contributed by atoms with Crippen LogP contribution in [0.3, 0.4) is 0 Å². The van der Waals surface area contributed by atoms with Gasteiger partial charge in [-0.15, -0.1) is 0 Å². The Labute approximate surface area is 134 Å². The summed E-state index contributed by atoms with van der Waals surface area (Å²) in [6.07, 6.45) is 0. The molecule has 0 heterocycles. The van der Waals surface area contributed by atoms with Crippen LogP contribution in [0.15, 0.2) is 42.5 Å². The molecule has 21 heavy (non-hydrogen) atoms. The quantitative estimate of drug-likeness (QED) is 0.840. The van der Waals surface area contributed by atoms with Gasteiger partial charge in [-0.3, -0.25) is 0 Å². The van der Waals surface area contributed by atoms with E-state index in [4.69, 9.17) is 29.1 Å². The third kappa shape index (κ3) is 4.45. The number of nitrogens with one attached hydrogen (secondary N) is 2. The van der Waals surface area contributed by atoms with Crippen molar-refractivity contribution in [2.24, 2.45) is 0 Å². The lowest BCUT2D eigenvalue weighted by molar-refractivity contribution is 0.915. The average molecular weight is 316 g/mol. The summed E-state index contributed by atoms with van der Waals surface area (Å²) >= 11 is 11.2. The molecule has 3 nitrogen and oxygen atoms in total. The van der Waals surface area contributed by atoms with Crippen molar-refractivity contribution in [2.75, 3.05) is 5.32 Å². The van der Waals surface area contributed by atoms with Crippen molar-refractivity contribution in [1.82, 2.24) is 5.32 Å². The molecule has 2 N–H and O–H groups in total. The predicted molar refractivity (Wildman–Crippen MR) is 90.4 cm³/mol. The minimum atomic E-state index is 0.513. The zero-order valence-corrected chi connectivity index (χ0v) is 13.1. The van der Waals surface area contributed by atoms with E-state index >= 15 is 0 Å². The summed E-state index contributed by atoms with van der Waals surface area (Å²) in [7, 11) is 0. The Balaban J connectivity index is 1.94. The fourth-order valence-electron chi connectivity index (χ4n) is 1.87. The summed E-state index contributed by atoms with van der Waals surface area (Å²) in [6.45, 7) is 2.63. The first-order valence-corrected chi connectivity index (χ1v) is 7.17. The number of anilines is 1. The molecule has 0 saturated heterocycles. The summed E-state index contributed by atoms with van der Waals surface area (Å²) in [6, 6.07) is 15.0. The molecule has 2 aromatic carbocycles. The predicted octanol–water partition coefficient (Wildman–Crippen LogP) is 4.01. The van der Waals surface area contributed by atoms with Gasteiger partial charge in [0.25, 0.3) is 0 Å². The first kappa shape index (κ1) is 15.3. The van der Waals surface area contributed by atoms with Crippen molar-refractivity contribution in [3.63, 3.8) is 0 Å². The first-order valence-electron chi connectivity index (χ1n) is 6.38. The number of benzene rings is 2. The van der Waals surface area contributed by atoms with E-state index in [-0.39, 0.29) is 0 Å². The van der Waals surface area contributed by atoms with Crippen LogP contribution >= 0.6 is 23.8 Å². The van der Waals surface area contributed by atoms with E-state index in [1.807, 2.05) is 37.3 Å². The summed E-state index contributed by atoms with van der Waals surface area (Å²) in [5.41, 5.74) is 3.63. The second kappa shape index (κ2) is 7.07. The van der Waals surface area contributed by atoms with E-state index in [1.165, 1.54) is 0 Å². The monoisotopic (exact) mass is 315 g/mol. The number of nitriles is 1. The molecule has 2 rings (SSSR count). The molecule has 0 amide bonds. The van der Waals surface area contributed by atoms with Gasteiger partial charge in [0.05, 0.1) is 11.6 Å². The second-order valence-electron chi connectivity index (χ2n) is 4.57. The molecule has 0 saturated carbocycles. The highest BCUT2D eigenvalue weighted by atomic mass is 35.5. The lowest BCUT2D eigenvalue weighted by Gasteiger charge is -2.12. The molecule has 0 aliphatic heterocycles. The highest BCUT2D eigenvalue weighted by molar-refractivity contribution is 7.80. The van der Waals surface area contributed by atoms with Crippen molar-refractivity contribution in [2.45, 2.75) is 13.5 Å². The van der Waals surface area contributed by atoms with E-state index in [0.29, 0.717) is 17.2 Å². The number of aryl methyl sites for hydroxylation is 1. The van der Waals surface area contributed by atoms with E-state index in [2.05, 4.69) is 16.7 Å². The lowest BCUT2D eigenvalue weighted by atomic mass is 10.1. The van der Waals surface area contributed by atoms with Crippen LogP contribution in [0.2, 0.25) is 5.02 Å². The Morgan fingerprint density at radius 3 is 2.81 bits per heavy atom. The Kier molecular flexibility index (Phi) is 5.15. The number of hydrogen-bond acceptors (Lipinski definition) is 2. The second-order valence-corrected chi connectivity index (χ2v) is 5.42. The Morgan fingerprint density at radius 2 is 2.10 bits per heavy atom. The van der Waals surface area contributed by atoms with Crippen LogP contribution in [-0.2, 0) is 6.54 Å².